The van der Waals surface area contributed by atoms with Gasteiger partial charge >= 0.3 is 0 Å². The summed E-state index contributed by atoms with van der Waals surface area (Å²) < 4.78 is 0. The van der Waals surface area contributed by atoms with Crippen molar-refractivity contribution in [1.29, 1.82) is 0 Å². The Bertz CT molecular complexity index is 614. The molecule has 0 aromatic carbocycles. The molecule has 6 amide bonds. The molecule has 3 rings (SSSR count). The number of imide groups is 3. The highest BCUT2D eigenvalue weighted by molar-refractivity contribution is 6.13. The standard InChI is InChI=1S/C6H14O3.3C4H3NO2/c1-2-6(3-7,4-8)5-9;3*6-3-1-2-4(7)5-3/h7-9H,2-5H2,1H3;3*1-2H,(H,5,6,7). The van der Waals surface area contributed by atoms with Gasteiger partial charge in [0.2, 0.25) is 0 Å². The summed E-state index contributed by atoms with van der Waals surface area (Å²) in [7, 11) is 0. The van der Waals surface area contributed by atoms with Gasteiger partial charge < -0.3 is 15.3 Å². The molecule has 3 aliphatic rings. The molecule has 0 saturated carbocycles. The van der Waals surface area contributed by atoms with Crippen molar-refractivity contribution in [2.45, 2.75) is 13.3 Å². The van der Waals surface area contributed by atoms with E-state index in [9.17, 15) is 28.8 Å². The lowest BCUT2D eigenvalue weighted by molar-refractivity contribution is -0.125. The zero-order valence-electron chi connectivity index (χ0n) is 16.1. The molecule has 0 radical (unpaired) electrons. The number of carbonyl (C=O) groups excluding carboxylic acids is 6. The fourth-order valence-corrected chi connectivity index (χ4v) is 1.55. The van der Waals surface area contributed by atoms with E-state index in [0.29, 0.717) is 6.42 Å². The predicted molar refractivity (Wildman–Crippen MR) is 101 cm³/mol. The number of hydrogen-bond acceptors (Lipinski definition) is 9. The lowest BCUT2D eigenvalue weighted by atomic mass is 9.88. The Balaban J connectivity index is 0.000000375. The molecule has 3 aliphatic heterocycles. The van der Waals surface area contributed by atoms with Gasteiger partial charge in [-0.3, -0.25) is 44.7 Å². The van der Waals surface area contributed by atoms with E-state index in [-0.39, 0.29) is 55.3 Å². The van der Waals surface area contributed by atoms with Gasteiger partial charge in [-0.15, -0.1) is 0 Å². The van der Waals surface area contributed by atoms with Gasteiger partial charge in [-0.1, -0.05) is 6.92 Å². The maximum atomic E-state index is 10.0. The third-order valence-corrected chi connectivity index (χ3v) is 3.65. The van der Waals surface area contributed by atoms with Crippen LogP contribution in [0.15, 0.2) is 36.5 Å². The fraction of sp³-hybridized carbons (Fsp3) is 0.333. The molecule has 3 heterocycles. The molecule has 12 heteroatoms. The molecule has 0 bridgehead atoms. The Morgan fingerprint density at radius 3 is 0.800 bits per heavy atom. The summed E-state index contributed by atoms with van der Waals surface area (Å²) in [5.74, 6) is -1.97. The number of hydrogen-bond donors (Lipinski definition) is 6. The van der Waals surface area contributed by atoms with Gasteiger partial charge in [0.05, 0.1) is 19.8 Å². The molecule has 30 heavy (non-hydrogen) atoms. The SMILES string of the molecule is CCC(CO)(CO)CO.O=C1C=CC(=O)N1.O=C1C=CC(=O)N1.O=C1C=CC(=O)N1. The molecular weight excluding hydrogens is 402 g/mol. The molecule has 6 N–H and O–H groups in total. The van der Waals surface area contributed by atoms with Crippen LogP contribution < -0.4 is 16.0 Å². The zero-order valence-corrected chi connectivity index (χ0v) is 16.1. The first-order valence-electron chi connectivity index (χ1n) is 8.53. The minimum atomic E-state index is -0.667. The van der Waals surface area contributed by atoms with E-state index in [2.05, 4.69) is 0 Å². The van der Waals surface area contributed by atoms with E-state index in [1.54, 1.807) is 0 Å². The number of carbonyl (C=O) groups is 6. The van der Waals surface area contributed by atoms with Gasteiger partial charge in [0.15, 0.2) is 0 Å². The van der Waals surface area contributed by atoms with E-state index in [1.165, 1.54) is 36.5 Å². The molecule has 0 aliphatic carbocycles. The molecule has 164 valence electrons. The number of aliphatic hydroxyl groups excluding tert-OH is 3. The predicted octanol–water partition coefficient (Wildman–Crippen LogP) is -3.04. The van der Waals surface area contributed by atoms with Crippen molar-refractivity contribution in [2.75, 3.05) is 19.8 Å². The van der Waals surface area contributed by atoms with Crippen LogP contribution in [0.3, 0.4) is 0 Å². The summed E-state index contributed by atoms with van der Waals surface area (Å²) in [5.41, 5.74) is -0.667. The van der Waals surface area contributed by atoms with Gasteiger partial charge in [-0.2, -0.15) is 0 Å². The van der Waals surface area contributed by atoms with Crippen LogP contribution in [0.25, 0.3) is 0 Å². The van der Waals surface area contributed by atoms with E-state index in [4.69, 9.17) is 15.3 Å². The van der Waals surface area contributed by atoms with Crippen LogP contribution >= 0.6 is 0 Å². The average molecular weight is 425 g/mol. The first kappa shape index (κ1) is 26.5. The van der Waals surface area contributed by atoms with Crippen molar-refractivity contribution in [2.24, 2.45) is 5.41 Å². The number of aliphatic hydroxyl groups is 3. The number of nitrogens with one attached hydrogen (secondary N) is 3. The quantitative estimate of drug-likeness (QED) is 0.253. The van der Waals surface area contributed by atoms with Gasteiger partial charge in [-0.25, -0.2) is 0 Å². The molecule has 0 aromatic rings. The lowest BCUT2D eigenvalue weighted by Crippen LogP contribution is -2.32. The Kier molecular flexibility index (Phi) is 12.1. The maximum absolute atomic E-state index is 10.0. The minimum Gasteiger partial charge on any atom is -0.396 e. The normalized spacial score (nSPS) is 16.0. The van der Waals surface area contributed by atoms with Crippen LogP contribution in [-0.4, -0.2) is 70.6 Å². The topological polar surface area (TPSA) is 199 Å². The van der Waals surface area contributed by atoms with E-state index >= 15 is 0 Å². The van der Waals surface area contributed by atoms with Crippen LogP contribution in [0.4, 0.5) is 0 Å². The summed E-state index contributed by atoms with van der Waals surface area (Å²) in [6, 6.07) is 0. The van der Waals surface area contributed by atoms with Crippen molar-refractivity contribution >= 4 is 35.4 Å². The lowest BCUT2D eigenvalue weighted by Gasteiger charge is -2.24. The van der Waals surface area contributed by atoms with Crippen LogP contribution in [0.5, 0.6) is 0 Å². The van der Waals surface area contributed by atoms with Crippen molar-refractivity contribution in [3.05, 3.63) is 36.5 Å². The second kappa shape index (κ2) is 13.7. The molecule has 0 aromatic heterocycles. The second-order valence-electron chi connectivity index (χ2n) is 5.89. The van der Waals surface area contributed by atoms with E-state index < -0.39 is 5.41 Å². The average Bonchev–Trinajstić information content (AvgIpc) is 3.41. The summed E-state index contributed by atoms with van der Waals surface area (Å²) in [6.07, 6.45) is 7.77. The maximum Gasteiger partial charge on any atom is 0.250 e. The zero-order chi connectivity index (χ0) is 23.2. The molecule has 12 nitrogen and oxygen atoms in total. The van der Waals surface area contributed by atoms with Crippen LogP contribution in [0.2, 0.25) is 0 Å². The Morgan fingerprint density at radius 1 is 0.567 bits per heavy atom. The van der Waals surface area contributed by atoms with Crippen molar-refractivity contribution < 1.29 is 44.1 Å². The first-order valence-corrected chi connectivity index (χ1v) is 8.53. The highest BCUT2D eigenvalue weighted by Crippen LogP contribution is 2.18. The van der Waals surface area contributed by atoms with Gasteiger partial charge in [0, 0.05) is 41.9 Å². The van der Waals surface area contributed by atoms with Crippen molar-refractivity contribution in [3.8, 4) is 0 Å². The highest BCUT2D eigenvalue weighted by atomic mass is 16.3. The van der Waals surface area contributed by atoms with E-state index in [0.717, 1.165) is 0 Å². The molecule has 0 spiro atoms. The van der Waals surface area contributed by atoms with Gasteiger partial charge in [-0.05, 0) is 6.42 Å². The molecular formula is C18H23N3O9. The van der Waals surface area contributed by atoms with Crippen molar-refractivity contribution in [3.63, 3.8) is 0 Å². The van der Waals surface area contributed by atoms with Crippen LogP contribution in [-0.2, 0) is 28.8 Å². The Morgan fingerprint density at radius 2 is 0.767 bits per heavy atom. The minimum absolute atomic E-state index is 0.156. The Labute approximate surface area is 171 Å². The third-order valence-electron chi connectivity index (χ3n) is 3.65. The fourth-order valence-electron chi connectivity index (χ4n) is 1.55. The van der Waals surface area contributed by atoms with Crippen LogP contribution in [0, 0.1) is 5.41 Å². The first-order chi connectivity index (χ1) is 14.1. The number of amides is 6. The van der Waals surface area contributed by atoms with Gasteiger partial charge in [0.25, 0.3) is 35.4 Å². The van der Waals surface area contributed by atoms with Gasteiger partial charge in [0.1, 0.15) is 0 Å². The van der Waals surface area contributed by atoms with Crippen LogP contribution in [0.1, 0.15) is 13.3 Å². The second-order valence-corrected chi connectivity index (χ2v) is 5.89. The third kappa shape index (κ3) is 10.8. The highest BCUT2D eigenvalue weighted by Gasteiger charge is 2.24. The molecule has 0 fully saturated rings. The summed E-state index contributed by atoms with van der Waals surface area (Å²) in [4.78, 5) is 60.2. The summed E-state index contributed by atoms with van der Waals surface area (Å²) in [6.45, 7) is 1.35. The monoisotopic (exact) mass is 425 g/mol. The Hall–Kier alpha value is -3.48. The number of rotatable bonds is 4. The molecule has 0 saturated heterocycles. The summed E-state index contributed by atoms with van der Waals surface area (Å²) in [5, 5.41) is 32.1. The smallest absolute Gasteiger partial charge is 0.250 e. The van der Waals surface area contributed by atoms with E-state index in [1.807, 2.05) is 22.9 Å². The molecule has 0 unspecified atom stereocenters. The summed E-state index contributed by atoms with van der Waals surface area (Å²) >= 11 is 0. The largest absolute Gasteiger partial charge is 0.396 e. The van der Waals surface area contributed by atoms with Crippen molar-refractivity contribution in [1.82, 2.24) is 16.0 Å². The molecule has 0 atom stereocenters.